The van der Waals surface area contributed by atoms with Gasteiger partial charge in [0.1, 0.15) is 4.90 Å². The van der Waals surface area contributed by atoms with E-state index >= 15 is 0 Å². The second-order valence-electron chi connectivity index (χ2n) is 4.68. The summed E-state index contributed by atoms with van der Waals surface area (Å²) in [5, 5.41) is 10.9. The molecule has 0 fully saturated rings. The maximum Gasteiger partial charge on any atom is 0.258 e. The van der Waals surface area contributed by atoms with E-state index < -0.39 is 28.4 Å². The molecule has 0 bridgehead atoms. The average molecular weight is 349 g/mol. The van der Waals surface area contributed by atoms with Gasteiger partial charge in [0.25, 0.3) is 11.8 Å². The number of hydrogen-bond donors (Lipinski definition) is 4. The van der Waals surface area contributed by atoms with Crippen molar-refractivity contribution in [2.75, 3.05) is 11.9 Å². The van der Waals surface area contributed by atoms with Gasteiger partial charge < -0.3 is 5.32 Å². The minimum absolute atomic E-state index is 0.0725. The van der Waals surface area contributed by atoms with Gasteiger partial charge in [0.05, 0.1) is 12.2 Å². The first-order chi connectivity index (χ1) is 11.4. The fourth-order valence-corrected chi connectivity index (χ4v) is 3.01. The molecular weight excluding hydrogens is 334 g/mol. The number of hydrogen-bond acceptors (Lipinski definition) is 5. The Kier molecular flexibility index (Phi) is 5.64. The van der Waals surface area contributed by atoms with Crippen molar-refractivity contribution in [2.45, 2.75) is 4.90 Å². The lowest BCUT2D eigenvalue weighted by Gasteiger charge is -2.12. The number of benzene rings is 2. The quantitative estimate of drug-likeness (QED) is 0.452. The molecule has 0 radical (unpaired) electrons. The Morgan fingerprint density at radius 3 is 2.25 bits per heavy atom. The summed E-state index contributed by atoms with van der Waals surface area (Å²) >= 11 is 0. The van der Waals surface area contributed by atoms with Crippen molar-refractivity contribution in [3.8, 4) is 0 Å². The van der Waals surface area contributed by atoms with E-state index in [1.54, 1.807) is 36.4 Å². The Labute approximate surface area is 138 Å². The third-order valence-electron chi connectivity index (χ3n) is 3.01. The highest BCUT2D eigenvalue weighted by Crippen LogP contribution is 2.21. The molecule has 2 aromatic carbocycles. The number of carbonyl (C=O) groups excluding carboxylic acids is 2. The third-order valence-corrected chi connectivity index (χ3v) is 4.47. The van der Waals surface area contributed by atoms with Crippen molar-refractivity contribution in [3.63, 3.8) is 0 Å². The van der Waals surface area contributed by atoms with Gasteiger partial charge in [-0.25, -0.2) is 18.6 Å². The van der Waals surface area contributed by atoms with Crippen LogP contribution in [0.2, 0.25) is 0 Å². The summed E-state index contributed by atoms with van der Waals surface area (Å²) in [5.41, 5.74) is 1.77. The van der Waals surface area contributed by atoms with Crippen LogP contribution in [-0.4, -0.2) is 32.0 Å². The van der Waals surface area contributed by atoms with Crippen LogP contribution < -0.4 is 15.5 Å². The first kappa shape index (κ1) is 17.6. The van der Waals surface area contributed by atoms with Crippen LogP contribution in [0.3, 0.4) is 0 Å². The van der Waals surface area contributed by atoms with Crippen molar-refractivity contribution in [2.24, 2.45) is 0 Å². The Bertz CT molecular complexity index is 837. The molecule has 0 heterocycles. The highest BCUT2D eigenvalue weighted by Gasteiger charge is 2.20. The Hall–Kier alpha value is -2.75. The smallest absolute Gasteiger partial charge is 0.258 e. The molecule has 8 nitrogen and oxygen atoms in total. The highest BCUT2D eigenvalue weighted by atomic mass is 32.2. The molecule has 0 saturated heterocycles. The average Bonchev–Trinajstić information content (AvgIpc) is 2.60. The van der Waals surface area contributed by atoms with Gasteiger partial charge in [-0.1, -0.05) is 30.3 Å². The first-order valence-corrected chi connectivity index (χ1v) is 8.30. The number of para-hydroxylation sites is 1. The minimum Gasteiger partial charge on any atom is -0.321 e. The normalized spacial score (nSPS) is 10.9. The molecule has 2 aromatic rings. The first-order valence-electron chi connectivity index (χ1n) is 6.82. The SMILES string of the molecule is O=C(CNS(=O)(=O)c1ccccc1NC(=O)c1ccccc1)NO. The van der Waals surface area contributed by atoms with E-state index in [1.165, 1.54) is 23.7 Å². The number of anilines is 1. The van der Waals surface area contributed by atoms with E-state index in [9.17, 15) is 18.0 Å². The van der Waals surface area contributed by atoms with Gasteiger partial charge in [0.2, 0.25) is 10.0 Å². The summed E-state index contributed by atoms with van der Waals surface area (Å²) < 4.78 is 26.6. The second-order valence-corrected chi connectivity index (χ2v) is 6.41. The molecule has 2 rings (SSSR count). The molecule has 0 spiro atoms. The number of nitrogens with one attached hydrogen (secondary N) is 3. The van der Waals surface area contributed by atoms with Crippen molar-refractivity contribution < 1.29 is 23.2 Å². The highest BCUT2D eigenvalue weighted by molar-refractivity contribution is 7.89. The van der Waals surface area contributed by atoms with Crippen LogP contribution in [0.4, 0.5) is 5.69 Å². The van der Waals surface area contributed by atoms with Crippen LogP contribution in [0.5, 0.6) is 0 Å². The summed E-state index contributed by atoms with van der Waals surface area (Å²) in [6.07, 6.45) is 0. The number of amides is 2. The topological polar surface area (TPSA) is 125 Å². The molecule has 0 atom stereocenters. The molecule has 0 saturated carbocycles. The zero-order valence-electron chi connectivity index (χ0n) is 12.4. The lowest BCUT2D eigenvalue weighted by molar-refractivity contribution is -0.127. The van der Waals surface area contributed by atoms with E-state index in [2.05, 4.69) is 5.32 Å². The van der Waals surface area contributed by atoms with Gasteiger partial charge >= 0.3 is 0 Å². The molecule has 0 aliphatic rings. The maximum atomic E-state index is 12.3. The fourth-order valence-electron chi connectivity index (χ4n) is 1.87. The van der Waals surface area contributed by atoms with Crippen LogP contribution in [0, 0.1) is 0 Å². The van der Waals surface area contributed by atoms with E-state index in [1.807, 2.05) is 4.72 Å². The minimum atomic E-state index is -4.06. The second kappa shape index (κ2) is 7.68. The monoisotopic (exact) mass is 349 g/mol. The molecule has 126 valence electrons. The summed E-state index contributed by atoms with van der Waals surface area (Å²) in [4.78, 5) is 23.0. The molecule has 24 heavy (non-hydrogen) atoms. The Balaban J connectivity index is 2.24. The molecule has 2 amide bonds. The van der Waals surface area contributed by atoms with Gasteiger partial charge in [0, 0.05) is 5.56 Å². The number of hydroxylamine groups is 1. The fraction of sp³-hybridized carbons (Fsp3) is 0.0667. The number of rotatable bonds is 6. The summed E-state index contributed by atoms with van der Waals surface area (Å²) in [6.45, 7) is -0.639. The van der Waals surface area contributed by atoms with E-state index in [0.29, 0.717) is 5.56 Å². The van der Waals surface area contributed by atoms with Crippen molar-refractivity contribution in [3.05, 3.63) is 60.2 Å². The predicted octanol–water partition coefficient (Wildman–Crippen LogP) is 0.723. The van der Waals surface area contributed by atoms with Crippen LogP contribution >= 0.6 is 0 Å². The molecule has 0 aromatic heterocycles. The Morgan fingerprint density at radius 1 is 0.958 bits per heavy atom. The summed E-state index contributed by atoms with van der Waals surface area (Å²) in [5.74, 6) is -1.38. The number of sulfonamides is 1. The van der Waals surface area contributed by atoms with E-state index in [0.717, 1.165) is 0 Å². The van der Waals surface area contributed by atoms with E-state index in [-0.39, 0.29) is 10.6 Å². The van der Waals surface area contributed by atoms with Crippen LogP contribution in [-0.2, 0) is 14.8 Å². The van der Waals surface area contributed by atoms with Crippen molar-refractivity contribution >= 4 is 27.5 Å². The van der Waals surface area contributed by atoms with Crippen LogP contribution in [0.15, 0.2) is 59.5 Å². The lowest BCUT2D eigenvalue weighted by atomic mass is 10.2. The van der Waals surface area contributed by atoms with Gasteiger partial charge in [0.15, 0.2) is 0 Å². The van der Waals surface area contributed by atoms with Crippen molar-refractivity contribution in [1.29, 1.82) is 0 Å². The Morgan fingerprint density at radius 2 is 1.58 bits per heavy atom. The predicted molar refractivity (Wildman–Crippen MR) is 86.0 cm³/mol. The zero-order chi connectivity index (χ0) is 17.6. The summed E-state index contributed by atoms with van der Waals surface area (Å²) in [7, 11) is -4.06. The van der Waals surface area contributed by atoms with Gasteiger partial charge in [-0.05, 0) is 24.3 Å². The molecule has 9 heteroatoms. The largest absolute Gasteiger partial charge is 0.321 e. The third kappa shape index (κ3) is 4.38. The van der Waals surface area contributed by atoms with Crippen LogP contribution in [0.25, 0.3) is 0 Å². The van der Waals surface area contributed by atoms with Gasteiger partial charge in [-0.3, -0.25) is 14.8 Å². The molecule has 4 N–H and O–H groups in total. The van der Waals surface area contributed by atoms with Gasteiger partial charge in [-0.2, -0.15) is 0 Å². The molecular formula is C15H15N3O5S. The zero-order valence-corrected chi connectivity index (χ0v) is 13.2. The van der Waals surface area contributed by atoms with Crippen LogP contribution in [0.1, 0.15) is 10.4 Å². The molecule has 0 aliphatic heterocycles. The van der Waals surface area contributed by atoms with Gasteiger partial charge in [-0.15, -0.1) is 0 Å². The van der Waals surface area contributed by atoms with E-state index in [4.69, 9.17) is 5.21 Å². The molecule has 0 unspecified atom stereocenters. The number of carbonyl (C=O) groups is 2. The standard InChI is InChI=1S/C15H15N3O5S/c19-14(18-21)10-16-24(22,23)13-9-5-4-8-12(13)17-15(20)11-6-2-1-3-7-11/h1-9,16,21H,10H2,(H,17,20)(H,18,19). The summed E-state index contributed by atoms with van der Waals surface area (Å²) in [6, 6.07) is 14.1. The lowest BCUT2D eigenvalue weighted by Crippen LogP contribution is -2.35. The van der Waals surface area contributed by atoms with Crippen molar-refractivity contribution in [1.82, 2.24) is 10.2 Å². The maximum absolute atomic E-state index is 12.3. The molecule has 0 aliphatic carbocycles.